The summed E-state index contributed by atoms with van der Waals surface area (Å²) >= 11 is 0. The lowest BCUT2D eigenvalue weighted by atomic mass is 10.1. The average molecular weight is 381 g/mol. The van der Waals surface area contributed by atoms with Crippen molar-refractivity contribution >= 4 is 11.8 Å². The number of likely N-dealkylation sites (tertiary alicyclic amines) is 1. The maximum absolute atomic E-state index is 12.9. The second kappa shape index (κ2) is 7.80. The molecule has 148 valence electrons. The summed E-state index contributed by atoms with van der Waals surface area (Å²) in [6.45, 7) is 7.92. The van der Waals surface area contributed by atoms with Gasteiger partial charge in [0.25, 0.3) is 11.8 Å². The highest BCUT2D eigenvalue weighted by Gasteiger charge is 2.32. The molecule has 2 amide bonds. The van der Waals surface area contributed by atoms with Gasteiger partial charge in [-0.05, 0) is 62.7 Å². The quantitative estimate of drug-likeness (QED) is 0.836. The fourth-order valence-electron chi connectivity index (χ4n) is 4.27. The lowest BCUT2D eigenvalue weighted by Crippen LogP contribution is -2.40. The number of likely N-dealkylation sites (N-methyl/N-ethyl adjacent to an activating group) is 1. The predicted molar refractivity (Wildman–Crippen MR) is 106 cm³/mol. The Hall–Kier alpha value is -2.60. The molecule has 1 atom stereocenters. The minimum atomic E-state index is -0.198. The fourth-order valence-corrected chi connectivity index (χ4v) is 4.27. The van der Waals surface area contributed by atoms with Gasteiger partial charge in [-0.3, -0.25) is 14.5 Å². The van der Waals surface area contributed by atoms with E-state index in [-0.39, 0.29) is 11.8 Å². The van der Waals surface area contributed by atoms with Crippen molar-refractivity contribution in [2.75, 3.05) is 19.6 Å². The molecular weight excluding hydrogens is 354 g/mol. The topological polar surface area (TPSA) is 65.8 Å². The highest BCUT2D eigenvalue weighted by atomic mass is 16.3. The van der Waals surface area contributed by atoms with Gasteiger partial charge in [0.05, 0.1) is 6.54 Å². The van der Waals surface area contributed by atoms with E-state index in [4.69, 9.17) is 4.42 Å². The van der Waals surface area contributed by atoms with Crippen LogP contribution in [0, 0.1) is 6.92 Å². The van der Waals surface area contributed by atoms with Crippen LogP contribution in [0.3, 0.4) is 0 Å². The molecule has 2 aliphatic heterocycles. The van der Waals surface area contributed by atoms with Crippen LogP contribution in [0.1, 0.15) is 57.6 Å². The van der Waals surface area contributed by atoms with Gasteiger partial charge in [0.2, 0.25) is 0 Å². The molecule has 6 nitrogen and oxygen atoms in total. The van der Waals surface area contributed by atoms with Gasteiger partial charge in [-0.1, -0.05) is 13.0 Å². The minimum absolute atomic E-state index is 0.0364. The third-order valence-corrected chi connectivity index (χ3v) is 5.81. The molecule has 0 spiro atoms. The molecule has 0 saturated carbocycles. The van der Waals surface area contributed by atoms with Crippen molar-refractivity contribution in [1.82, 2.24) is 15.1 Å². The molecule has 0 radical (unpaired) electrons. The van der Waals surface area contributed by atoms with Gasteiger partial charge in [-0.2, -0.15) is 0 Å². The zero-order chi connectivity index (χ0) is 19.7. The lowest BCUT2D eigenvalue weighted by molar-refractivity contribution is 0.0731. The van der Waals surface area contributed by atoms with Crippen molar-refractivity contribution in [1.29, 1.82) is 0 Å². The molecule has 6 heteroatoms. The number of aryl methyl sites for hydroxylation is 1. The summed E-state index contributed by atoms with van der Waals surface area (Å²) in [7, 11) is 0. The van der Waals surface area contributed by atoms with E-state index in [1.54, 1.807) is 12.1 Å². The van der Waals surface area contributed by atoms with Crippen LogP contribution in [-0.2, 0) is 13.1 Å². The number of fused-ring (bicyclic) bond motifs is 1. The predicted octanol–water partition coefficient (Wildman–Crippen LogP) is 2.96. The standard InChI is InChI=1S/C22H27N3O3/c1-3-24-10-4-5-18(24)14-25-13-17-8-7-16(11-20(17)22(25)27)21(26)23-12-19-9-6-15(2)28-19/h6-9,11,18H,3-5,10,12-14H2,1-2H3,(H,23,26)/t18-/m0/s1. The number of rotatable bonds is 6. The maximum atomic E-state index is 12.9. The van der Waals surface area contributed by atoms with Crippen molar-refractivity contribution in [3.8, 4) is 0 Å². The summed E-state index contributed by atoms with van der Waals surface area (Å²) in [6, 6.07) is 9.60. The first-order valence-electron chi connectivity index (χ1n) is 10.0. The van der Waals surface area contributed by atoms with Crippen molar-refractivity contribution in [3.63, 3.8) is 0 Å². The summed E-state index contributed by atoms with van der Waals surface area (Å²) < 4.78 is 5.48. The molecule has 1 aromatic carbocycles. The first-order chi connectivity index (χ1) is 13.5. The van der Waals surface area contributed by atoms with Gasteiger partial charge < -0.3 is 14.6 Å². The second-order valence-electron chi connectivity index (χ2n) is 7.68. The number of amides is 2. The summed E-state index contributed by atoms with van der Waals surface area (Å²) in [6.07, 6.45) is 2.35. The summed E-state index contributed by atoms with van der Waals surface area (Å²) in [4.78, 5) is 29.8. The molecule has 2 aromatic rings. The Kier molecular flexibility index (Phi) is 5.22. The SMILES string of the molecule is CCN1CCC[C@H]1CN1Cc2ccc(C(=O)NCc3ccc(C)o3)cc2C1=O. The summed E-state index contributed by atoms with van der Waals surface area (Å²) in [5.41, 5.74) is 2.17. The Morgan fingerprint density at radius 3 is 2.89 bits per heavy atom. The van der Waals surface area contributed by atoms with Crippen molar-refractivity contribution in [3.05, 3.63) is 58.5 Å². The largest absolute Gasteiger partial charge is 0.465 e. The number of hydrogen-bond donors (Lipinski definition) is 1. The monoisotopic (exact) mass is 381 g/mol. The van der Waals surface area contributed by atoms with Gasteiger partial charge in [-0.25, -0.2) is 0 Å². The van der Waals surface area contributed by atoms with E-state index in [2.05, 4.69) is 17.1 Å². The van der Waals surface area contributed by atoms with Crippen LogP contribution >= 0.6 is 0 Å². The average Bonchev–Trinajstić information content (AvgIpc) is 3.40. The molecule has 1 fully saturated rings. The van der Waals surface area contributed by atoms with E-state index >= 15 is 0 Å². The van der Waals surface area contributed by atoms with Gasteiger partial charge >= 0.3 is 0 Å². The third kappa shape index (κ3) is 3.69. The van der Waals surface area contributed by atoms with Crippen LogP contribution < -0.4 is 5.32 Å². The summed E-state index contributed by atoms with van der Waals surface area (Å²) in [5.74, 6) is 1.37. The number of furan rings is 1. The van der Waals surface area contributed by atoms with E-state index in [1.165, 1.54) is 6.42 Å². The Morgan fingerprint density at radius 2 is 2.14 bits per heavy atom. The van der Waals surface area contributed by atoms with Crippen LogP contribution in [0.15, 0.2) is 34.7 Å². The van der Waals surface area contributed by atoms with Gasteiger partial charge in [0.1, 0.15) is 11.5 Å². The van der Waals surface area contributed by atoms with Crippen LogP contribution in [0.25, 0.3) is 0 Å². The van der Waals surface area contributed by atoms with E-state index in [0.717, 1.165) is 37.4 Å². The zero-order valence-electron chi connectivity index (χ0n) is 16.5. The first-order valence-corrected chi connectivity index (χ1v) is 10.0. The molecule has 3 heterocycles. The molecule has 0 unspecified atom stereocenters. The molecule has 0 bridgehead atoms. The molecule has 0 aliphatic carbocycles. The Bertz CT molecular complexity index is 889. The minimum Gasteiger partial charge on any atom is -0.465 e. The van der Waals surface area contributed by atoms with Gasteiger partial charge in [-0.15, -0.1) is 0 Å². The van der Waals surface area contributed by atoms with Gasteiger partial charge in [0.15, 0.2) is 0 Å². The van der Waals surface area contributed by atoms with E-state index in [9.17, 15) is 9.59 Å². The normalized spacial score (nSPS) is 19.3. The molecule has 4 rings (SSSR count). The Balaban J connectivity index is 1.41. The number of nitrogens with zero attached hydrogens (tertiary/aromatic N) is 2. The fraction of sp³-hybridized carbons (Fsp3) is 0.455. The lowest BCUT2D eigenvalue weighted by Gasteiger charge is -2.27. The first kappa shape index (κ1) is 18.7. The van der Waals surface area contributed by atoms with Gasteiger partial charge in [0, 0.05) is 30.3 Å². The highest BCUT2D eigenvalue weighted by Crippen LogP contribution is 2.27. The number of carbonyl (C=O) groups is 2. The van der Waals surface area contributed by atoms with Crippen molar-refractivity contribution in [2.24, 2.45) is 0 Å². The van der Waals surface area contributed by atoms with E-state index < -0.39 is 0 Å². The molecule has 2 aliphatic rings. The third-order valence-electron chi connectivity index (χ3n) is 5.81. The van der Waals surface area contributed by atoms with E-state index in [0.29, 0.717) is 36.0 Å². The molecule has 1 aromatic heterocycles. The van der Waals surface area contributed by atoms with E-state index in [1.807, 2.05) is 30.0 Å². The van der Waals surface area contributed by atoms with Crippen LogP contribution in [0.5, 0.6) is 0 Å². The van der Waals surface area contributed by atoms with Crippen LogP contribution in [0.2, 0.25) is 0 Å². The Morgan fingerprint density at radius 1 is 1.29 bits per heavy atom. The molecule has 1 saturated heterocycles. The Labute approximate surface area is 165 Å². The van der Waals surface area contributed by atoms with Crippen molar-refractivity contribution in [2.45, 2.75) is 45.8 Å². The number of hydrogen-bond acceptors (Lipinski definition) is 4. The molecular formula is C22H27N3O3. The molecule has 28 heavy (non-hydrogen) atoms. The number of nitrogens with one attached hydrogen (secondary N) is 1. The maximum Gasteiger partial charge on any atom is 0.254 e. The van der Waals surface area contributed by atoms with Crippen LogP contribution in [-0.4, -0.2) is 47.3 Å². The highest BCUT2D eigenvalue weighted by molar-refractivity contribution is 6.02. The van der Waals surface area contributed by atoms with Crippen molar-refractivity contribution < 1.29 is 14.0 Å². The smallest absolute Gasteiger partial charge is 0.254 e. The number of benzene rings is 1. The zero-order valence-corrected chi connectivity index (χ0v) is 16.5. The second-order valence-corrected chi connectivity index (χ2v) is 7.68. The molecule has 1 N–H and O–H groups in total. The van der Waals surface area contributed by atoms with Crippen LogP contribution in [0.4, 0.5) is 0 Å². The summed E-state index contributed by atoms with van der Waals surface area (Å²) in [5, 5.41) is 2.85. The number of carbonyl (C=O) groups excluding carboxylic acids is 2.